The van der Waals surface area contributed by atoms with Crippen LogP contribution in [0.15, 0.2) is 192 Å². The summed E-state index contributed by atoms with van der Waals surface area (Å²) in [6.07, 6.45) is 0. The van der Waals surface area contributed by atoms with Gasteiger partial charge in [-0.15, -0.1) is 11.3 Å². The Bertz CT molecular complexity index is 3660. The van der Waals surface area contributed by atoms with Crippen molar-refractivity contribution in [1.82, 2.24) is 4.98 Å². The first kappa shape index (κ1) is 38.3. The van der Waals surface area contributed by atoms with Gasteiger partial charge in [-0.05, 0) is 156 Å². The van der Waals surface area contributed by atoms with Crippen LogP contribution in [0, 0.1) is 0 Å². The van der Waals surface area contributed by atoms with Crippen molar-refractivity contribution in [3.63, 3.8) is 0 Å². The number of fused-ring (bicyclic) bond motifs is 10. The van der Waals surface area contributed by atoms with Gasteiger partial charge in [0.15, 0.2) is 0 Å². The van der Waals surface area contributed by atoms with E-state index in [2.05, 4.69) is 187 Å². The van der Waals surface area contributed by atoms with Crippen LogP contribution in [0.1, 0.15) is 0 Å². The Kier molecular flexibility index (Phi) is 10.6. The van der Waals surface area contributed by atoms with E-state index in [0.29, 0.717) is 0 Å². The normalized spacial score (nSPS) is 12.9. The number of benzene rings is 9. The number of aromatic nitrogens is 1. The predicted octanol–water partition coefficient (Wildman–Crippen LogP) is 14.0. The zero-order chi connectivity index (χ0) is 40.0. The molecule has 2 nitrogen and oxygen atoms in total. The van der Waals surface area contributed by atoms with Gasteiger partial charge in [-0.25, -0.2) is 4.98 Å². The molecular weight excluding hydrogens is 905 g/mol. The summed E-state index contributed by atoms with van der Waals surface area (Å²) in [7, 11) is 10.0. The molecule has 0 fully saturated rings. The Balaban J connectivity index is 1.19. The van der Waals surface area contributed by atoms with Crippen LogP contribution in [0.2, 0.25) is 0 Å². The van der Waals surface area contributed by atoms with E-state index in [1.807, 2.05) is 29.1 Å². The highest BCUT2D eigenvalue weighted by molar-refractivity contribution is 8.71. The topological polar surface area (TPSA) is 16.1 Å². The minimum absolute atomic E-state index is 0.313. The molecule has 290 valence electrons. The molecule has 0 spiro atoms. The van der Waals surface area contributed by atoms with E-state index in [9.17, 15) is 0 Å². The molecule has 0 amide bonds. The van der Waals surface area contributed by atoms with Crippen molar-refractivity contribution < 1.29 is 0 Å². The van der Waals surface area contributed by atoms with Gasteiger partial charge >= 0.3 is 0 Å². The molecule has 1 unspecified atom stereocenters. The van der Waals surface area contributed by atoms with Gasteiger partial charge in [0.1, 0.15) is 5.01 Å². The SMILES string of the molecule is S=S=S=S=S=S=S=S1c2c(ccc3c2cc(N(c2ccccc2)c2cccc(-c4ccc5ccccc5c4)c2)c2ccccc23)-c2ccc3nc(-c4ccccc4)sc3c21. The molecular formula is C49H30N2S9. The summed E-state index contributed by atoms with van der Waals surface area (Å²) in [5.41, 5.74) is 10.6. The van der Waals surface area contributed by atoms with Crippen molar-refractivity contribution in [1.29, 1.82) is 0 Å². The number of thiazole rings is 1. The van der Waals surface area contributed by atoms with Crippen molar-refractivity contribution in [2.75, 3.05) is 4.90 Å². The third-order valence-corrected chi connectivity index (χ3v) is 27.6. The summed E-state index contributed by atoms with van der Waals surface area (Å²) in [4.78, 5) is 10.4. The van der Waals surface area contributed by atoms with Crippen LogP contribution < -0.4 is 4.90 Å². The number of nitrogens with zero attached hydrogens (tertiary/aromatic N) is 2. The first-order valence-corrected chi connectivity index (χ1v) is 30.0. The summed E-state index contributed by atoms with van der Waals surface area (Å²) in [5.74, 6) is 0. The molecule has 0 aliphatic carbocycles. The van der Waals surface area contributed by atoms with E-state index in [4.69, 9.17) is 16.2 Å². The summed E-state index contributed by atoms with van der Waals surface area (Å²) in [5, 5.41) is 8.56. The fraction of sp³-hybridized carbons (Fsp3) is 0. The molecule has 0 saturated heterocycles. The largest absolute Gasteiger partial charge is 0.310 e. The number of hydrogen-bond donors (Lipinski definition) is 0. The van der Waals surface area contributed by atoms with E-state index in [1.54, 1.807) is 26.6 Å². The monoisotopic (exact) mass is 934 g/mol. The van der Waals surface area contributed by atoms with Crippen LogP contribution >= 0.6 is 11.3 Å². The number of rotatable bonds is 5. The molecule has 11 rings (SSSR count). The lowest BCUT2D eigenvalue weighted by atomic mass is 9.95. The van der Waals surface area contributed by atoms with Crippen molar-refractivity contribution in [2.45, 2.75) is 9.79 Å². The van der Waals surface area contributed by atoms with Gasteiger partial charge in [0, 0.05) is 32.1 Å². The molecule has 0 radical (unpaired) electrons. The second-order valence-corrected chi connectivity index (χ2v) is 28.1. The molecule has 2 heterocycles. The van der Waals surface area contributed by atoms with Crippen LogP contribution in [0.25, 0.3) is 75.4 Å². The molecule has 1 aliphatic heterocycles. The lowest BCUT2D eigenvalue weighted by molar-refractivity contribution is 1.30. The Labute approximate surface area is 375 Å². The average Bonchev–Trinajstić information content (AvgIpc) is 3.89. The maximum atomic E-state index is 5.20. The molecule has 1 aliphatic rings. The summed E-state index contributed by atoms with van der Waals surface area (Å²) in [6.45, 7) is 0. The summed E-state index contributed by atoms with van der Waals surface area (Å²) < 4.78 is 1.28. The van der Waals surface area contributed by atoms with Crippen LogP contribution in [0.3, 0.4) is 0 Å². The third-order valence-electron chi connectivity index (χ3n) is 10.8. The smallest absolute Gasteiger partial charge is 0.124 e. The van der Waals surface area contributed by atoms with Crippen molar-refractivity contribution >= 4 is 145 Å². The summed E-state index contributed by atoms with van der Waals surface area (Å²) in [6, 6.07) is 66.5. The molecule has 60 heavy (non-hydrogen) atoms. The molecule has 1 aromatic heterocycles. The van der Waals surface area contributed by atoms with Gasteiger partial charge in [-0.3, -0.25) is 0 Å². The molecule has 9 aromatic carbocycles. The molecule has 10 aromatic rings. The molecule has 1 atom stereocenters. The number of hydrogen-bond acceptors (Lipinski definition) is 4. The van der Waals surface area contributed by atoms with Crippen molar-refractivity contribution in [2.24, 2.45) is 0 Å². The quantitative estimate of drug-likeness (QED) is 0.160. The van der Waals surface area contributed by atoms with E-state index >= 15 is 0 Å². The highest BCUT2D eigenvalue weighted by Crippen LogP contribution is 2.52. The second-order valence-electron chi connectivity index (χ2n) is 14.1. The first-order valence-electron chi connectivity index (χ1n) is 19.0. The zero-order valence-electron chi connectivity index (χ0n) is 31.4. The molecule has 11 heteroatoms. The lowest BCUT2D eigenvalue weighted by Crippen LogP contribution is -2.11. The van der Waals surface area contributed by atoms with Gasteiger partial charge in [-0.2, -0.15) is 0 Å². The minimum Gasteiger partial charge on any atom is -0.310 e. The zero-order valence-corrected chi connectivity index (χ0v) is 38.7. The fourth-order valence-corrected chi connectivity index (χ4v) is 27.4. The fourth-order valence-electron chi connectivity index (χ4n) is 8.24. The van der Waals surface area contributed by atoms with Crippen LogP contribution in [0.5, 0.6) is 0 Å². The van der Waals surface area contributed by atoms with E-state index < -0.39 is 0 Å². The Hall–Kier alpha value is -4.66. The van der Waals surface area contributed by atoms with E-state index in [1.165, 1.54) is 77.9 Å². The van der Waals surface area contributed by atoms with Gasteiger partial charge in [0.2, 0.25) is 0 Å². The maximum Gasteiger partial charge on any atom is 0.124 e. The van der Waals surface area contributed by atoms with Crippen LogP contribution in [-0.4, -0.2) is 4.98 Å². The minimum atomic E-state index is -0.313. The van der Waals surface area contributed by atoms with Gasteiger partial charge in [-0.1, -0.05) is 149 Å². The molecule has 0 saturated carbocycles. The first-order chi connectivity index (χ1) is 29.7. The Morgan fingerprint density at radius 2 is 1.15 bits per heavy atom. The molecule has 0 N–H and O–H groups in total. The van der Waals surface area contributed by atoms with Crippen molar-refractivity contribution in [3.8, 4) is 32.8 Å². The highest BCUT2D eigenvalue weighted by atomic mass is 33.4. The molecule has 0 bridgehead atoms. The number of anilines is 3. The third kappa shape index (κ3) is 6.92. The van der Waals surface area contributed by atoms with Crippen molar-refractivity contribution in [3.05, 3.63) is 182 Å². The van der Waals surface area contributed by atoms with Gasteiger partial charge in [0.25, 0.3) is 0 Å². The number of para-hydroxylation sites is 1. The lowest BCUT2D eigenvalue weighted by Gasteiger charge is -2.28. The standard InChI is InChI=1S/C49H30N2S9/c52-54-55-56-57-58-59-60-47-41(42-26-27-44-46(48(42)60)53-49(50-44)32-13-3-1-4-14-32)25-24-39-38-20-9-10-21-40(38)45(30-43(39)47)51(36-17-5-2-6-18-36)37-19-11-16-34(29-37)35-23-22-31-12-7-8-15-33(31)28-35/h1-30H. The second kappa shape index (κ2) is 16.7. The predicted molar refractivity (Wildman–Crippen MR) is 279 cm³/mol. The van der Waals surface area contributed by atoms with Gasteiger partial charge < -0.3 is 4.90 Å². The Morgan fingerprint density at radius 1 is 0.483 bits per heavy atom. The van der Waals surface area contributed by atoms with E-state index in [-0.39, 0.29) is 9.45 Å². The average molecular weight is 935 g/mol. The van der Waals surface area contributed by atoms with Gasteiger partial charge in [0.05, 0.1) is 15.9 Å². The van der Waals surface area contributed by atoms with E-state index in [0.717, 1.165) is 33.1 Å². The Morgan fingerprint density at radius 3 is 2.00 bits per heavy atom. The van der Waals surface area contributed by atoms with Crippen LogP contribution in [0.4, 0.5) is 17.1 Å². The highest BCUT2D eigenvalue weighted by Gasteiger charge is 2.30. The van der Waals surface area contributed by atoms with Crippen LogP contribution in [-0.2, 0) is 73.9 Å². The maximum absolute atomic E-state index is 5.20. The summed E-state index contributed by atoms with van der Waals surface area (Å²) >= 11 is 6.99.